The number of hydrogen-bond acceptors (Lipinski definition) is 6. The second-order valence-corrected chi connectivity index (χ2v) is 11.1. The lowest BCUT2D eigenvalue weighted by Crippen LogP contribution is -2.34. The van der Waals surface area contributed by atoms with E-state index in [1.54, 1.807) is 18.2 Å². The maximum absolute atomic E-state index is 12.7. The van der Waals surface area contributed by atoms with Gasteiger partial charge in [0.1, 0.15) is 6.10 Å². The molecule has 0 amide bonds. The number of cyclic esters (lactones) is 1. The largest absolute Gasteiger partial charge is 0.481 e. The first-order valence-electron chi connectivity index (χ1n) is 13.1. The van der Waals surface area contributed by atoms with Crippen LogP contribution in [0.5, 0.6) is 0 Å². The van der Waals surface area contributed by atoms with Crippen molar-refractivity contribution >= 4 is 11.9 Å². The normalized spacial score (nSPS) is 40.9. The van der Waals surface area contributed by atoms with Crippen molar-refractivity contribution in [2.24, 2.45) is 35.5 Å². The first-order chi connectivity index (χ1) is 16.5. The highest BCUT2D eigenvalue weighted by Crippen LogP contribution is 2.37. The number of nitriles is 1. The molecule has 2 aliphatic rings. The molecule has 0 aromatic rings. The highest BCUT2D eigenvalue weighted by Gasteiger charge is 2.39. The van der Waals surface area contributed by atoms with Gasteiger partial charge in [0.05, 0.1) is 36.2 Å². The standard InChI is InChI=1S/C28H43NO6/c1-17-12-18(2)14-20(4)27(32)21(16-29)8-5-6-11-25(22-9-7-10-23(22)28(33)34)35-26(31)15-24(30)19(3)13-17/h5-6,8,17-20,22-25,27,30,32H,7,9-15H2,1-4H3,(H,33,34)/b6-5+,21-8-. The smallest absolute Gasteiger partial charge is 0.308 e. The molecule has 1 aliphatic carbocycles. The van der Waals surface area contributed by atoms with Gasteiger partial charge in [0.15, 0.2) is 0 Å². The van der Waals surface area contributed by atoms with Gasteiger partial charge in [-0.15, -0.1) is 0 Å². The number of carboxylic acid groups (broad SMARTS) is 1. The molecule has 9 atom stereocenters. The molecule has 0 aromatic carbocycles. The molecule has 1 saturated carbocycles. The number of carbonyl (C=O) groups is 2. The number of aliphatic hydroxyl groups is 2. The van der Waals surface area contributed by atoms with Crippen LogP contribution >= 0.6 is 0 Å². The number of carbonyl (C=O) groups excluding carboxylic acids is 1. The van der Waals surface area contributed by atoms with E-state index in [0.717, 1.165) is 25.7 Å². The fourth-order valence-electron chi connectivity index (χ4n) is 5.97. The first kappa shape index (κ1) is 29.1. The monoisotopic (exact) mass is 489 g/mol. The summed E-state index contributed by atoms with van der Waals surface area (Å²) in [6.07, 6.45) is 7.33. The van der Waals surface area contributed by atoms with Crippen molar-refractivity contribution in [1.29, 1.82) is 5.26 Å². The summed E-state index contributed by atoms with van der Waals surface area (Å²) in [6.45, 7) is 8.16. The molecule has 1 heterocycles. The van der Waals surface area contributed by atoms with Gasteiger partial charge in [0.25, 0.3) is 0 Å². The summed E-state index contributed by atoms with van der Waals surface area (Å²) < 4.78 is 5.77. The van der Waals surface area contributed by atoms with Crippen LogP contribution in [0.3, 0.4) is 0 Å². The molecule has 1 fully saturated rings. The molecule has 0 radical (unpaired) electrons. The van der Waals surface area contributed by atoms with Gasteiger partial charge in [-0.3, -0.25) is 9.59 Å². The third-order valence-electron chi connectivity index (χ3n) is 7.80. The number of aliphatic hydroxyl groups excluding tert-OH is 2. The van der Waals surface area contributed by atoms with E-state index in [1.807, 2.05) is 13.8 Å². The van der Waals surface area contributed by atoms with E-state index in [0.29, 0.717) is 31.1 Å². The number of rotatable bonds is 2. The Balaban J connectivity index is 2.30. The van der Waals surface area contributed by atoms with Gasteiger partial charge in [0.2, 0.25) is 0 Å². The average Bonchev–Trinajstić information content (AvgIpc) is 3.27. The summed E-state index contributed by atoms with van der Waals surface area (Å²) >= 11 is 0. The van der Waals surface area contributed by atoms with E-state index < -0.39 is 36.2 Å². The maximum atomic E-state index is 12.7. The van der Waals surface area contributed by atoms with E-state index >= 15 is 0 Å². The quantitative estimate of drug-likeness (QED) is 0.482. The second-order valence-electron chi connectivity index (χ2n) is 11.1. The van der Waals surface area contributed by atoms with Crippen molar-refractivity contribution in [2.45, 2.75) is 97.4 Å². The van der Waals surface area contributed by atoms with E-state index in [4.69, 9.17) is 4.74 Å². The molecule has 35 heavy (non-hydrogen) atoms. The molecule has 0 spiro atoms. The predicted octanol–water partition coefficient (Wildman–Crippen LogP) is 4.64. The van der Waals surface area contributed by atoms with Crippen LogP contribution in [0.25, 0.3) is 0 Å². The Labute approximate surface area is 209 Å². The van der Waals surface area contributed by atoms with E-state index in [9.17, 15) is 30.2 Å². The van der Waals surface area contributed by atoms with Gasteiger partial charge in [-0.05, 0) is 61.9 Å². The Bertz CT molecular complexity index is 815. The lowest BCUT2D eigenvalue weighted by Gasteiger charge is -2.28. The molecule has 7 nitrogen and oxygen atoms in total. The number of nitrogens with zero attached hydrogens (tertiary/aromatic N) is 1. The van der Waals surface area contributed by atoms with Crippen LogP contribution < -0.4 is 0 Å². The van der Waals surface area contributed by atoms with Gasteiger partial charge >= 0.3 is 11.9 Å². The lowest BCUT2D eigenvalue weighted by atomic mass is 9.82. The lowest BCUT2D eigenvalue weighted by molar-refractivity contribution is -0.159. The summed E-state index contributed by atoms with van der Waals surface area (Å²) in [4.78, 5) is 24.5. The number of allylic oxidation sites excluding steroid dienone is 2. The number of ether oxygens (including phenoxy) is 1. The Kier molecular flexibility index (Phi) is 11.5. The minimum atomic E-state index is -0.882. The van der Waals surface area contributed by atoms with E-state index in [1.165, 1.54) is 0 Å². The molecule has 0 aromatic heterocycles. The summed E-state index contributed by atoms with van der Waals surface area (Å²) in [5, 5.41) is 40.6. The zero-order chi connectivity index (χ0) is 26.1. The molecule has 2 rings (SSSR count). The van der Waals surface area contributed by atoms with Gasteiger partial charge in [0, 0.05) is 12.3 Å². The van der Waals surface area contributed by atoms with Crippen LogP contribution in [0.1, 0.15) is 79.1 Å². The molecule has 0 bridgehead atoms. The average molecular weight is 490 g/mol. The molecule has 9 unspecified atom stereocenters. The van der Waals surface area contributed by atoms with Crippen molar-refractivity contribution in [3.63, 3.8) is 0 Å². The Morgan fingerprint density at radius 1 is 1.06 bits per heavy atom. The minimum Gasteiger partial charge on any atom is -0.481 e. The fraction of sp³-hybridized carbons (Fsp3) is 0.750. The van der Waals surface area contributed by atoms with Crippen LogP contribution in [0.15, 0.2) is 23.8 Å². The summed E-state index contributed by atoms with van der Waals surface area (Å²) in [5.74, 6) is -1.77. The third-order valence-corrected chi connectivity index (χ3v) is 7.80. The van der Waals surface area contributed by atoms with E-state index in [2.05, 4.69) is 19.9 Å². The number of carboxylic acids is 1. The van der Waals surface area contributed by atoms with Crippen LogP contribution in [0, 0.1) is 46.8 Å². The molecule has 196 valence electrons. The second kappa shape index (κ2) is 13.8. The molecular weight excluding hydrogens is 446 g/mol. The van der Waals surface area contributed by atoms with Gasteiger partial charge in [-0.25, -0.2) is 0 Å². The molecule has 7 heteroatoms. The summed E-state index contributed by atoms with van der Waals surface area (Å²) in [6, 6.07) is 2.10. The zero-order valence-electron chi connectivity index (χ0n) is 21.6. The van der Waals surface area contributed by atoms with Crippen LogP contribution in [0.2, 0.25) is 0 Å². The topological polar surface area (TPSA) is 128 Å². The Morgan fingerprint density at radius 2 is 1.71 bits per heavy atom. The van der Waals surface area contributed by atoms with Crippen LogP contribution in [-0.2, 0) is 14.3 Å². The molecule has 0 saturated heterocycles. The number of hydrogen-bond donors (Lipinski definition) is 3. The van der Waals surface area contributed by atoms with Crippen molar-refractivity contribution in [3.05, 3.63) is 23.8 Å². The van der Waals surface area contributed by atoms with Gasteiger partial charge < -0.3 is 20.1 Å². The van der Waals surface area contributed by atoms with Crippen molar-refractivity contribution in [1.82, 2.24) is 0 Å². The maximum Gasteiger partial charge on any atom is 0.308 e. The zero-order valence-corrected chi connectivity index (χ0v) is 21.6. The minimum absolute atomic E-state index is 0.0816. The fourth-order valence-corrected chi connectivity index (χ4v) is 5.97. The van der Waals surface area contributed by atoms with Crippen molar-refractivity contribution in [2.75, 3.05) is 0 Å². The number of esters is 1. The first-order valence-corrected chi connectivity index (χ1v) is 13.1. The molecule has 1 aliphatic heterocycles. The summed E-state index contributed by atoms with van der Waals surface area (Å²) in [5.41, 5.74) is 0.282. The van der Waals surface area contributed by atoms with Crippen LogP contribution in [0.4, 0.5) is 0 Å². The van der Waals surface area contributed by atoms with Crippen LogP contribution in [-0.4, -0.2) is 45.6 Å². The highest BCUT2D eigenvalue weighted by molar-refractivity contribution is 5.72. The highest BCUT2D eigenvalue weighted by atomic mass is 16.5. The van der Waals surface area contributed by atoms with Crippen molar-refractivity contribution in [3.8, 4) is 6.07 Å². The van der Waals surface area contributed by atoms with Gasteiger partial charge in [-0.2, -0.15) is 5.26 Å². The summed E-state index contributed by atoms with van der Waals surface area (Å²) in [7, 11) is 0. The van der Waals surface area contributed by atoms with Crippen molar-refractivity contribution < 1.29 is 29.6 Å². The van der Waals surface area contributed by atoms with Gasteiger partial charge in [-0.1, -0.05) is 46.3 Å². The Hall–Kier alpha value is -2.17. The third kappa shape index (κ3) is 8.77. The number of aliphatic carboxylic acids is 1. The molecular formula is C28H43NO6. The molecule has 3 N–H and O–H groups in total. The van der Waals surface area contributed by atoms with E-state index in [-0.39, 0.29) is 29.7 Å². The SMILES string of the molecule is CC1CC(C)CC(C)C(O)/C(C#N)=C\C=C\CC(C2CCCC2C(=O)O)OC(=O)CC(O)C(C)C1. The Morgan fingerprint density at radius 3 is 2.34 bits per heavy atom. The predicted molar refractivity (Wildman–Crippen MR) is 133 cm³/mol.